The highest BCUT2D eigenvalue weighted by Gasteiger charge is 2.18. The molecule has 0 aliphatic rings. The fourth-order valence-corrected chi connectivity index (χ4v) is 3.26. The number of anilines is 1. The van der Waals surface area contributed by atoms with Crippen LogP contribution in [0, 0.1) is 11.6 Å². The highest BCUT2D eigenvalue weighted by Crippen LogP contribution is 2.22. The van der Waals surface area contributed by atoms with Gasteiger partial charge in [0.25, 0.3) is 5.56 Å². The molecule has 0 unspecified atom stereocenters. The summed E-state index contributed by atoms with van der Waals surface area (Å²) < 4.78 is 27.9. The first-order chi connectivity index (χ1) is 16.4. The van der Waals surface area contributed by atoms with Crippen LogP contribution in [0.2, 0.25) is 0 Å². The zero-order chi connectivity index (χ0) is 24.2. The molecule has 7 nitrogen and oxygen atoms in total. The molecule has 4 rings (SSSR count). The smallest absolute Gasteiger partial charge is 0.282 e. The number of ketones is 1. The van der Waals surface area contributed by atoms with Gasteiger partial charge in [-0.25, -0.2) is 13.8 Å². The van der Waals surface area contributed by atoms with Gasteiger partial charge in [0.2, 0.25) is 5.91 Å². The number of carbonyl (C=O) groups is 2. The molecule has 34 heavy (non-hydrogen) atoms. The Morgan fingerprint density at radius 2 is 1.56 bits per heavy atom. The minimum absolute atomic E-state index is 0.0621. The molecule has 1 N–H and O–H groups in total. The van der Waals surface area contributed by atoms with Crippen molar-refractivity contribution in [3.8, 4) is 17.1 Å². The number of hydrogen-bond acceptors (Lipinski definition) is 5. The number of aromatic nitrogens is 3. The van der Waals surface area contributed by atoms with Crippen molar-refractivity contribution in [1.29, 1.82) is 0 Å². The van der Waals surface area contributed by atoms with Crippen LogP contribution in [0.25, 0.3) is 17.1 Å². The van der Waals surface area contributed by atoms with E-state index in [1.807, 2.05) is 0 Å². The Labute approximate surface area is 192 Å². The average molecular weight is 460 g/mol. The highest BCUT2D eigenvalue weighted by molar-refractivity contribution is 6.09. The summed E-state index contributed by atoms with van der Waals surface area (Å²) in [5.74, 6) is -1.57. The van der Waals surface area contributed by atoms with E-state index in [9.17, 15) is 23.2 Å². The molecule has 0 aliphatic carbocycles. The van der Waals surface area contributed by atoms with Crippen LogP contribution >= 0.6 is 0 Å². The van der Waals surface area contributed by atoms with Gasteiger partial charge in [0.15, 0.2) is 5.78 Å². The standard InChI is InChI=1S/C25H18F2N4O3/c1-2-22(32)30-21-14-29-24(16-5-9-19(27)10-6-16)31(25(21)34)20-11-17(12-28-13-20)23(33)15-3-7-18(26)8-4-15/h3-14H,2H2,1H3,(H,30,32). The topological polar surface area (TPSA) is 93.9 Å². The van der Waals surface area contributed by atoms with Crippen molar-refractivity contribution in [3.05, 3.63) is 106 Å². The maximum Gasteiger partial charge on any atom is 0.282 e. The van der Waals surface area contributed by atoms with Gasteiger partial charge in [0.1, 0.15) is 23.1 Å². The van der Waals surface area contributed by atoms with E-state index in [0.717, 1.165) is 0 Å². The Kier molecular flexibility index (Phi) is 6.35. The lowest BCUT2D eigenvalue weighted by Gasteiger charge is -2.15. The summed E-state index contributed by atoms with van der Waals surface area (Å²) in [6.45, 7) is 1.64. The summed E-state index contributed by atoms with van der Waals surface area (Å²) in [5, 5.41) is 2.51. The minimum atomic E-state index is -0.607. The Morgan fingerprint density at radius 3 is 2.21 bits per heavy atom. The first kappa shape index (κ1) is 22.7. The number of carbonyl (C=O) groups excluding carboxylic acids is 2. The SMILES string of the molecule is CCC(=O)Nc1cnc(-c2ccc(F)cc2)n(-c2cncc(C(=O)c3ccc(F)cc3)c2)c1=O. The molecule has 2 heterocycles. The second-order valence-electron chi connectivity index (χ2n) is 7.31. The van der Waals surface area contributed by atoms with Gasteiger partial charge in [-0.2, -0.15) is 0 Å². The van der Waals surface area contributed by atoms with E-state index in [-0.39, 0.29) is 40.7 Å². The number of rotatable bonds is 6. The summed E-state index contributed by atoms with van der Waals surface area (Å²) in [6, 6.07) is 11.9. The molecule has 2 aromatic carbocycles. The second kappa shape index (κ2) is 9.53. The van der Waals surface area contributed by atoms with Crippen molar-refractivity contribution in [3.63, 3.8) is 0 Å². The molecule has 0 fully saturated rings. The maximum absolute atomic E-state index is 13.5. The van der Waals surface area contributed by atoms with Gasteiger partial charge in [0.05, 0.1) is 18.1 Å². The largest absolute Gasteiger partial charge is 0.320 e. The van der Waals surface area contributed by atoms with Gasteiger partial charge >= 0.3 is 0 Å². The van der Waals surface area contributed by atoms with Gasteiger partial charge in [0, 0.05) is 29.3 Å². The van der Waals surface area contributed by atoms with E-state index < -0.39 is 23.0 Å². The summed E-state index contributed by atoms with van der Waals surface area (Å²) in [6.07, 6.45) is 4.07. The number of pyridine rings is 1. The monoisotopic (exact) mass is 460 g/mol. The van der Waals surface area contributed by atoms with Gasteiger partial charge in [-0.15, -0.1) is 0 Å². The molecule has 4 aromatic rings. The Morgan fingerprint density at radius 1 is 0.912 bits per heavy atom. The van der Waals surface area contributed by atoms with Crippen LogP contribution in [-0.2, 0) is 4.79 Å². The summed E-state index contributed by atoms with van der Waals surface area (Å²) in [4.78, 5) is 46.6. The summed E-state index contributed by atoms with van der Waals surface area (Å²) in [7, 11) is 0. The van der Waals surface area contributed by atoms with Crippen molar-refractivity contribution in [2.24, 2.45) is 0 Å². The van der Waals surface area contributed by atoms with Gasteiger partial charge in [-0.1, -0.05) is 6.92 Å². The second-order valence-corrected chi connectivity index (χ2v) is 7.31. The molecule has 0 spiro atoms. The molecule has 2 aromatic heterocycles. The number of nitrogens with zero attached hydrogens (tertiary/aromatic N) is 3. The van der Waals surface area contributed by atoms with E-state index in [4.69, 9.17) is 0 Å². The Balaban J connectivity index is 1.87. The lowest BCUT2D eigenvalue weighted by Crippen LogP contribution is -2.27. The first-order valence-electron chi connectivity index (χ1n) is 10.3. The lowest BCUT2D eigenvalue weighted by molar-refractivity contribution is -0.115. The zero-order valence-corrected chi connectivity index (χ0v) is 18.0. The number of nitrogens with one attached hydrogen (secondary N) is 1. The van der Waals surface area contributed by atoms with Crippen LogP contribution < -0.4 is 10.9 Å². The Hall–Kier alpha value is -4.53. The predicted octanol–water partition coefficient (Wildman–Crippen LogP) is 4.15. The molecule has 0 atom stereocenters. The molecule has 0 saturated heterocycles. The first-order valence-corrected chi connectivity index (χ1v) is 10.3. The Bertz CT molecular complexity index is 1430. The fraction of sp³-hybridized carbons (Fsp3) is 0.0800. The third kappa shape index (κ3) is 4.63. The normalized spacial score (nSPS) is 10.7. The fourth-order valence-electron chi connectivity index (χ4n) is 3.26. The quantitative estimate of drug-likeness (QED) is 0.436. The molecule has 0 saturated carbocycles. The van der Waals surface area contributed by atoms with Crippen molar-refractivity contribution < 1.29 is 18.4 Å². The number of benzene rings is 2. The predicted molar refractivity (Wildman–Crippen MR) is 122 cm³/mol. The van der Waals surface area contributed by atoms with Crippen LogP contribution in [0.4, 0.5) is 14.5 Å². The number of hydrogen-bond donors (Lipinski definition) is 1. The number of amides is 1. The van der Waals surface area contributed by atoms with E-state index >= 15 is 0 Å². The van der Waals surface area contributed by atoms with Crippen LogP contribution in [0.3, 0.4) is 0 Å². The zero-order valence-electron chi connectivity index (χ0n) is 18.0. The molecular formula is C25H18F2N4O3. The van der Waals surface area contributed by atoms with E-state index in [1.54, 1.807) is 6.92 Å². The molecular weight excluding hydrogens is 442 g/mol. The lowest BCUT2D eigenvalue weighted by atomic mass is 10.0. The summed E-state index contributed by atoms with van der Waals surface area (Å²) in [5.41, 5.74) is 0.370. The van der Waals surface area contributed by atoms with E-state index in [0.29, 0.717) is 5.56 Å². The van der Waals surface area contributed by atoms with Crippen molar-refractivity contribution in [2.45, 2.75) is 13.3 Å². The summed E-state index contributed by atoms with van der Waals surface area (Å²) >= 11 is 0. The van der Waals surface area contributed by atoms with E-state index in [1.165, 1.54) is 77.8 Å². The van der Waals surface area contributed by atoms with Crippen LogP contribution in [0.5, 0.6) is 0 Å². The van der Waals surface area contributed by atoms with Crippen LogP contribution in [0.15, 0.2) is 78.0 Å². The van der Waals surface area contributed by atoms with Gasteiger partial charge in [-0.05, 0) is 54.6 Å². The molecule has 0 bridgehead atoms. The van der Waals surface area contributed by atoms with Crippen molar-refractivity contribution in [2.75, 3.05) is 5.32 Å². The van der Waals surface area contributed by atoms with Crippen LogP contribution in [0.1, 0.15) is 29.3 Å². The van der Waals surface area contributed by atoms with Crippen LogP contribution in [-0.4, -0.2) is 26.2 Å². The maximum atomic E-state index is 13.5. The molecule has 170 valence electrons. The van der Waals surface area contributed by atoms with Crippen molar-refractivity contribution >= 4 is 17.4 Å². The number of halogens is 2. The third-order valence-corrected chi connectivity index (χ3v) is 5.01. The minimum Gasteiger partial charge on any atom is -0.320 e. The van der Waals surface area contributed by atoms with Gasteiger partial charge < -0.3 is 5.32 Å². The average Bonchev–Trinajstić information content (AvgIpc) is 2.85. The molecule has 1 amide bonds. The molecule has 0 aliphatic heterocycles. The molecule has 0 radical (unpaired) electrons. The third-order valence-electron chi connectivity index (χ3n) is 5.01. The molecule has 9 heteroatoms. The van der Waals surface area contributed by atoms with E-state index in [2.05, 4.69) is 15.3 Å². The highest BCUT2D eigenvalue weighted by atomic mass is 19.1. The van der Waals surface area contributed by atoms with Crippen molar-refractivity contribution in [1.82, 2.24) is 14.5 Å². The van der Waals surface area contributed by atoms with Gasteiger partial charge in [-0.3, -0.25) is 23.9 Å².